The molecule has 0 spiro atoms. The number of benzene rings is 2. The van der Waals surface area contributed by atoms with Gasteiger partial charge in [-0.05, 0) is 37.7 Å². The van der Waals surface area contributed by atoms with E-state index in [0.29, 0.717) is 20.9 Å². The van der Waals surface area contributed by atoms with Gasteiger partial charge in [-0.3, -0.25) is 9.59 Å². The Morgan fingerprint density at radius 3 is 1.40 bits per heavy atom. The van der Waals surface area contributed by atoms with E-state index in [0.717, 1.165) is 6.61 Å². The second kappa shape index (κ2) is 15.1. The van der Waals surface area contributed by atoms with Crippen molar-refractivity contribution in [2.24, 2.45) is 0 Å². The molecule has 0 bridgehead atoms. The molecule has 0 heterocycles. The summed E-state index contributed by atoms with van der Waals surface area (Å²) < 4.78 is 4.86. The van der Waals surface area contributed by atoms with Gasteiger partial charge in [-0.15, -0.1) is 0 Å². The van der Waals surface area contributed by atoms with Crippen LogP contribution >= 0.6 is 0 Å². The topological polar surface area (TPSA) is 67.4 Å². The van der Waals surface area contributed by atoms with E-state index in [9.17, 15) is 9.59 Å². The van der Waals surface area contributed by atoms with Crippen molar-refractivity contribution in [3.63, 3.8) is 0 Å². The second-order valence-electron chi connectivity index (χ2n) is 4.53. The van der Waals surface area contributed by atoms with Gasteiger partial charge in [-0.1, -0.05) is 36.4 Å². The smallest absolute Gasteiger partial charge is 0.251 e. The van der Waals surface area contributed by atoms with Crippen molar-refractivity contribution in [1.82, 2.24) is 10.6 Å². The van der Waals surface area contributed by atoms with E-state index < -0.39 is 0 Å². The van der Waals surface area contributed by atoms with Crippen LogP contribution in [0.1, 0.15) is 27.6 Å². The van der Waals surface area contributed by atoms with Crippen LogP contribution in [0.5, 0.6) is 0 Å². The molecule has 2 radical (unpaired) electrons. The van der Waals surface area contributed by atoms with E-state index in [2.05, 4.69) is 10.6 Å². The lowest BCUT2D eigenvalue weighted by atomic mass is 10.2. The number of hydrogen-bond donors (Lipinski definition) is 2. The third-order valence-electron chi connectivity index (χ3n) is 2.81. The molecular formula is C19H26N2O3Si. The van der Waals surface area contributed by atoms with Crippen LogP contribution in [-0.2, 0) is 4.43 Å². The molecule has 6 heteroatoms. The molecule has 2 aromatic carbocycles. The van der Waals surface area contributed by atoms with Gasteiger partial charge < -0.3 is 15.1 Å². The first-order valence-electron chi connectivity index (χ1n) is 7.93. The number of hydrogen-bond acceptors (Lipinski definition) is 3. The first-order chi connectivity index (χ1) is 12.1. The van der Waals surface area contributed by atoms with Crippen molar-refractivity contribution >= 4 is 21.6 Å². The molecule has 2 amide bonds. The lowest BCUT2D eigenvalue weighted by Crippen LogP contribution is -2.17. The Hall–Kier alpha value is -2.44. The predicted molar refractivity (Wildman–Crippen MR) is 103 cm³/mol. The largest absolute Gasteiger partial charge is 0.418 e. The van der Waals surface area contributed by atoms with Gasteiger partial charge in [0.2, 0.25) is 9.76 Å². The molecule has 0 fully saturated rings. The summed E-state index contributed by atoms with van der Waals surface area (Å²) in [4.78, 5) is 21.8. The quantitative estimate of drug-likeness (QED) is 0.826. The van der Waals surface area contributed by atoms with Crippen LogP contribution in [0.2, 0.25) is 6.55 Å². The van der Waals surface area contributed by atoms with Crippen molar-refractivity contribution < 1.29 is 14.0 Å². The summed E-state index contributed by atoms with van der Waals surface area (Å²) in [6.45, 7) is 4.87. The fourth-order valence-electron chi connectivity index (χ4n) is 1.61. The van der Waals surface area contributed by atoms with Gasteiger partial charge in [-0.2, -0.15) is 0 Å². The standard InChI is InChI=1S/2C8H9NO.C3H8OSi/c2*1-9-8(10)7-5-3-2-4-6-7;1-3-4-5-2/h2*2-6H,1H3,(H,9,10);3H2,1-2H3. The Morgan fingerprint density at radius 2 is 1.20 bits per heavy atom. The summed E-state index contributed by atoms with van der Waals surface area (Å²) >= 11 is 0. The summed E-state index contributed by atoms with van der Waals surface area (Å²) in [7, 11) is 3.90. The average Bonchev–Trinajstić information content (AvgIpc) is 2.69. The van der Waals surface area contributed by atoms with E-state index in [1.807, 2.05) is 49.9 Å². The van der Waals surface area contributed by atoms with Crippen molar-refractivity contribution in [2.75, 3.05) is 20.7 Å². The molecule has 0 saturated carbocycles. The van der Waals surface area contributed by atoms with E-state index in [1.54, 1.807) is 38.4 Å². The zero-order valence-corrected chi connectivity index (χ0v) is 16.2. The molecule has 2 N–H and O–H groups in total. The number of carbonyl (C=O) groups excluding carboxylic acids is 2. The van der Waals surface area contributed by atoms with Crippen LogP contribution in [0.4, 0.5) is 0 Å². The Labute approximate surface area is 152 Å². The van der Waals surface area contributed by atoms with Crippen LogP contribution in [-0.4, -0.2) is 42.3 Å². The van der Waals surface area contributed by atoms with Gasteiger partial charge >= 0.3 is 0 Å². The van der Waals surface area contributed by atoms with Gasteiger partial charge in [0.25, 0.3) is 11.8 Å². The van der Waals surface area contributed by atoms with Gasteiger partial charge in [-0.25, -0.2) is 0 Å². The third-order valence-corrected chi connectivity index (χ3v) is 3.39. The number of nitrogens with one attached hydrogen (secondary N) is 2. The Balaban J connectivity index is 0.000000368. The van der Waals surface area contributed by atoms with E-state index >= 15 is 0 Å². The fourth-order valence-corrected chi connectivity index (χ4v) is 1.90. The predicted octanol–water partition coefficient (Wildman–Crippen LogP) is 2.78. The van der Waals surface area contributed by atoms with Gasteiger partial charge in [0.05, 0.1) is 0 Å². The minimum atomic E-state index is -0.0411. The highest BCUT2D eigenvalue weighted by Gasteiger charge is 1.98. The Kier molecular flexibility index (Phi) is 13.6. The number of carbonyl (C=O) groups is 2. The van der Waals surface area contributed by atoms with Gasteiger partial charge in [0.1, 0.15) is 0 Å². The van der Waals surface area contributed by atoms with Gasteiger partial charge in [0, 0.05) is 31.8 Å². The summed E-state index contributed by atoms with van der Waals surface area (Å²) in [5.41, 5.74) is 1.40. The highest BCUT2D eigenvalue weighted by molar-refractivity contribution is 6.24. The number of rotatable bonds is 4. The molecule has 0 unspecified atom stereocenters. The maximum absolute atomic E-state index is 10.9. The molecule has 0 aromatic heterocycles. The highest BCUT2D eigenvalue weighted by atomic mass is 28.2. The van der Waals surface area contributed by atoms with Gasteiger partial charge in [0.15, 0.2) is 0 Å². The highest BCUT2D eigenvalue weighted by Crippen LogP contribution is 1.97. The molecule has 0 atom stereocenters. The minimum Gasteiger partial charge on any atom is -0.418 e. The Bertz CT molecular complexity index is 539. The zero-order valence-electron chi connectivity index (χ0n) is 15.2. The van der Waals surface area contributed by atoms with Crippen LogP contribution in [0.25, 0.3) is 0 Å². The molecular weight excluding hydrogens is 332 g/mol. The van der Waals surface area contributed by atoms with Crippen molar-refractivity contribution in [1.29, 1.82) is 0 Å². The van der Waals surface area contributed by atoms with E-state index in [1.165, 1.54) is 0 Å². The fraction of sp³-hybridized carbons (Fsp3) is 0.263. The third kappa shape index (κ3) is 10.9. The van der Waals surface area contributed by atoms with Crippen LogP contribution < -0.4 is 10.6 Å². The normalized spacial score (nSPS) is 8.80. The molecule has 0 saturated heterocycles. The molecule has 134 valence electrons. The summed E-state index contributed by atoms with van der Waals surface area (Å²) in [6, 6.07) is 18.2. The average molecular weight is 359 g/mol. The van der Waals surface area contributed by atoms with Crippen molar-refractivity contribution in [3.8, 4) is 0 Å². The molecule has 0 aliphatic rings. The second-order valence-corrected chi connectivity index (χ2v) is 5.22. The van der Waals surface area contributed by atoms with E-state index in [-0.39, 0.29) is 11.8 Å². The lowest BCUT2D eigenvalue weighted by molar-refractivity contribution is 0.0955. The molecule has 25 heavy (non-hydrogen) atoms. The molecule has 2 aromatic rings. The maximum atomic E-state index is 10.9. The summed E-state index contributed by atoms with van der Waals surface area (Å²) in [5, 5.41) is 5.08. The first-order valence-corrected chi connectivity index (χ1v) is 9.34. The maximum Gasteiger partial charge on any atom is 0.251 e. The molecule has 2 rings (SSSR count). The lowest BCUT2D eigenvalue weighted by Gasteiger charge is -1.96. The van der Waals surface area contributed by atoms with Crippen molar-refractivity contribution in [3.05, 3.63) is 71.8 Å². The summed E-state index contributed by atoms with van der Waals surface area (Å²) in [5.74, 6) is -0.0822. The minimum absolute atomic E-state index is 0.0411. The summed E-state index contributed by atoms with van der Waals surface area (Å²) in [6.07, 6.45) is 0. The zero-order chi connectivity index (χ0) is 18.9. The van der Waals surface area contributed by atoms with Crippen LogP contribution in [0, 0.1) is 0 Å². The van der Waals surface area contributed by atoms with E-state index in [4.69, 9.17) is 4.43 Å². The molecule has 0 aliphatic heterocycles. The van der Waals surface area contributed by atoms with Crippen molar-refractivity contribution in [2.45, 2.75) is 13.5 Å². The Morgan fingerprint density at radius 1 is 0.840 bits per heavy atom. The SMILES string of the molecule is CCO[Si]C.CNC(=O)c1ccccc1.CNC(=O)c1ccccc1. The number of amides is 2. The first kappa shape index (κ1) is 22.6. The van der Waals surface area contributed by atoms with Crippen LogP contribution in [0.15, 0.2) is 60.7 Å². The monoisotopic (exact) mass is 358 g/mol. The van der Waals surface area contributed by atoms with Crippen LogP contribution in [0.3, 0.4) is 0 Å². The molecule has 0 aliphatic carbocycles. The molecule has 5 nitrogen and oxygen atoms in total.